The third-order valence-corrected chi connectivity index (χ3v) is 6.02. The molecule has 5 nitrogen and oxygen atoms in total. The number of pyridine rings is 1. The molecule has 138 valence electrons. The van der Waals surface area contributed by atoms with E-state index in [9.17, 15) is 4.79 Å². The normalized spacial score (nSPS) is 14.7. The van der Waals surface area contributed by atoms with Gasteiger partial charge in [-0.1, -0.05) is 6.42 Å². The van der Waals surface area contributed by atoms with Crippen molar-refractivity contribution in [3.8, 4) is 0 Å². The molecule has 2 aromatic rings. The van der Waals surface area contributed by atoms with E-state index in [1.54, 1.807) is 23.7 Å². The molecule has 0 spiro atoms. The lowest BCUT2D eigenvalue weighted by molar-refractivity contribution is 0.0601. The Bertz CT molecular complexity index is 790. The summed E-state index contributed by atoms with van der Waals surface area (Å²) < 4.78 is 5.03. The summed E-state index contributed by atoms with van der Waals surface area (Å²) in [6, 6.07) is 3.94. The number of aromatic nitrogens is 1. The predicted molar refractivity (Wildman–Crippen MR) is 109 cm³/mol. The average molecular weight is 390 g/mol. The van der Waals surface area contributed by atoms with Gasteiger partial charge < -0.3 is 15.4 Å². The zero-order valence-electron chi connectivity index (χ0n) is 15.0. The highest BCUT2D eigenvalue weighted by Gasteiger charge is 2.25. The maximum Gasteiger partial charge on any atom is 0.341 e. The van der Waals surface area contributed by atoms with Gasteiger partial charge in [0.2, 0.25) is 0 Å². The molecule has 1 unspecified atom stereocenters. The van der Waals surface area contributed by atoms with Crippen LogP contribution >= 0.6 is 23.6 Å². The van der Waals surface area contributed by atoms with E-state index in [1.165, 1.54) is 18.4 Å². The van der Waals surface area contributed by atoms with E-state index in [2.05, 4.69) is 15.6 Å². The van der Waals surface area contributed by atoms with Crippen LogP contribution in [-0.4, -0.2) is 23.2 Å². The fourth-order valence-corrected chi connectivity index (χ4v) is 4.85. The molecule has 2 N–H and O–H groups in total. The van der Waals surface area contributed by atoms with E-state index < -0.39 is 0 Å². The first-order chi connectivity index (χ1) is 12.6. The van der Waals surface area contributed by atoms with Crippen LogP contribution in [-0.2, 0) is 17.6 Å². The first-order valence-corrected chi connectivity index (χ1v) is 10.0. The molecule has 0 fully saturated rings. The topological polar surface area (TPSA) is 63.2 Å². The number of thiophene rings is 1. The number of ether oxygens (including phenoxy) is 1. The summed E-state index contributed by atoms with van der Waals surface area (Å²) in [4.78, 5) is 17.7. The van der Waals surface area contributed by atoms with Gasteiger partial charge in [0.05, 0.1) is 18.7 Å². The van der Waals surface area contributed by atoms with Crippen molar-refractivity contribution in [3.63, 3.8) is 0 Å². The Labute approximate surface area is 163 Å². The predicted octanol–water partition coefficient (Wildman–Crippen LogP) is 4.25. The summed E-state index contributed by atoms with van der Waals surface area (Å²) >= 11 is 7.10. The number of rotatable bonds is 4. The van der Waals surface area contributed by atoms with E-state index in [1.807, 2.05) is 19.1 Å². The SMILES string of the molecule is COC(=O)c1c(NC(=S)NC(C)c2ccncc2)sc2c1CCCCC2. The molecule has 0 aromatic carbocycles. The minimum Gasteiger partial charge on any atom is -0.465 e. The average Bonchev–Trinajstić information content (AvgIpc) is 2.82. The number of methoxy groups -OCH3 is 1. The van der Waals surface area contributed by atoms with Gasteiger partial charge in [-0.3, -0.25) is 4.98 Å². The van der Waals surface area contributed by atoms with Crippen molar-refractivity contribution >= 4 is 39.6 Å². The monoisotopic (exact) mass is 389 g/mol. The molecule has 2 aromatic heterocycles. The number of hydrogen-bond donors (Lipinski definition) is 2. The Morgan fingerprint density at radius 2 is 2.00 bits per heavy atom. The Balaban J connectivity index is 1.78. The Hall–Kier alpha value is -1.99. The molecule has 26 heavy (non-hydrogen) atoms. The number of carbonyl (C=O) groups is 1. The fraction of sp³-hybridized carbons (Fsp3) is 0.421. The lowest BCUT2D eigenvalue weighted by Crippen LogP contribution is -2.31. The van der Waals surface area contributed by atoms with E-state index in [0.29, 0.717) is 10.7 Å². The molecule has 2 heterocycles. The van der Waals surface area contributed by atoms with Crippen LogP contribution in [0.15, 0.2) is 24.5 Å². The van der Waals surface area contributed by atoms with E-state index in [4.69, 9.17) is 17.0 Å². The number of hydrogen-bond acceptors (Lipinski definition) is 5. The van der Waals surface area contributed by atoms with Gasteiger partial charge in [-0.15, -0.1) is 11.3 Å². The fourth-order valence-electron chi connectivity index (χ4n) is 3.22. The summed E-state index contributed by atoms with van der Waals surface area (Å²) in [5, 5.41) is 7.77. The highest BCUT2D eigenvalue weighted by Crippen LogP contribution is 2.38. The maximum atomic E-state index is 12.4. The molecule has 0 aliphatic heterocycles. The van der Waals surface area contributed by atoms with E-state index in [0.717, 1.165) is 41.8 Å². The number of fused-ring (bicyclic) bond motifs is 1. The lowest BCUT2D eigenvalue weighted by Gasteiger charge is -2.17. The highest BCUT2D eigenvalue weighted by atomic mass is 32.1. The number of thiocarbonyl (C=S) groups is 1. The number of anilines is 1. The van der Waals surface area contributed by atoms with Gasteiger partial charge in [-0.2, -0.15) is 0 Å². The smallest absolute Gasteiger partial charge is 0.341 e. The second kappa shape index (κ2) is 8.60. The molecule has 1 aliphatic rings. The molecule has 0 bridgehead atoms. The molecule has 0 amide bonds. The molecule has 0 saturated carbocycles. The molecular formula is C19H23N3O2S2. The second-order valence-electron chi connectivity index (χ2n) is 6.36. The van der Waals surface area contributed by atoms with Gasteiger partial charge in [0.1, 0.15) is 5.00 Å². The summed E-state index contributed by atoms with van der Waals surface area (Å²) in [6.45, 7) is 2.04. The van der Waals surface area contributed by atoms with Crippen LogP contribution in [0.3, 0.4) is 0 Å². The summed E-state index contributed by atoms with van der Waals surface area (Å²) in [5.41, 5.74) is 2.88. The van der Waals surface area contributed by atoms with Crippen LogP contribution < -0.4 is 10.6 Å². The van der Waals surface area contributed by atoms with Crippen LogP contribution in [0.4, 0.5) is 5.00 Å². The van der Waals surface area contributed by atoms with Gasteiger partial charge in [0, 0.05) is 17.3 Å². The Morgan fingerprint density at radius 1 is 1.27 bits per heavy atom. The molecule has 1 atom stereocenters. The number of esters is 1. The zero-order chi connectivity index (χ0) is 18.5. The van der Waals surface area contributed by atoms with E-state index >= 15 is 0 Å². The minimum atomic E-state index is -0.295. The standard InChI is InChI=1S/C19H23N3O2S2/c1-12(13-8-10-20-11-9-13)21-19(25)22-17-16(18(23)24-2)14-6-4-3-5-7-15(14)26-17/h8-12H,3-7H2,1-2H3,(H2,21,22,25). The van der Waals surface area contributed by atoms with Crippen LogP contribution in [0.25, 0.3) is 0 Å². The van der Waals surface area contributed by atoms with Gasteiger partial charge in [-0.05, 0) is 68.1 Å². The Kier molecular flexibility index (Phi) is 6.21. The number of carbonyl (C=O) groups excluding carboxylic acids is 1. The second-order valence-corrected chi connectivity index (χ2v) is 7.87. The quantitative estimate of drug-likeness (QED) is 0.463. The van der Waals surface area contributed by atoms with Crippen LogP contribution in [0.2, 0.25) is 0 Å². The first kappa shape index (κ1) is 18.8. The van der Waals surface area contributed by atoms with Crippen molar-refractivity contribution in [2.24, 2.45) is 0 Å². The number of nitrogens with zero attached hydrogens (tertiary/aromatic N) is 1. The Morgan fingerprint density at radius 3 is 2.73 bits per heavy atom. The summed E-state index contributed by atoms with van der Waals surface area (Å²) in [5.74, 6) is -0.295. The van der Waals surface area contributed by atoms with Crippen molar-refractivity contribution in [1.82, 2.24) is 10.3 Å². The third kappa shape index (κ3) is 4.22. The van der Waals surface area contributed by atoms with Gasteiger partial charge >= 0.3 is 5.97 Å². The van der Waals surface area contributed by atoms with E-state index in [-0.39, 0.29) is 12.0 Å². The summed E-state index contributed by atoms with van der Waals surface area (Å²) in [7, 11) is 1.43. The van der Waals surface area contributed by atoms with Gasteiger partial charge in [0.25, 0.3) is 0 Å². The zero-order valence-corrected chi connectivity index (χ0v) is 16.6. The molecule has 0 radical (unpaired) electrons. The molecule has 3 rings (SSSR count). The number of nitrogens with one attached hydrogen (secondary N) is 2. The van der Waals surface area contributed by atoms with Crippen molar-refractivity contribution in [1.29, 1.82) is 0 Å². The van der Waals surface area contributed by atoms with Crippen LogP contribution in [0.1, 0.15) is 58.6 Å². The molecule has 7 heteroatoms. The molecule has 0 saturated heterocycles. The van der Waals surface area contributed by atoms with Gasteiger partial charge in [-0.25, -0.2) is 4.79 Å². The van der Waals surface area contributed by atoms with Crippen molar-refractivity contribution in [2.75, 3.05) is 12.4 Å². The van der Waals surface area contributed by atoms with Crippen LogP contribution in [0.5, 0.6) is 0 Å². The summed E-state index contributed by atoms with van der Waals surface area (Å²) in [6.07, 6.45) is 8.93. The van der Waals surface area contributed by atoms with Crippen molar-refractivity contribution < 1.29 is 9.53 Å². The van der Waals surface area contributed by atoms with Crippen molar-refractivity contribution in [3.05, 3.63) is 46.1 Å². The maximum absolute atomic E-state index is 12.4. The highest BCUT2D eigenvalue weighted by molar-refractivity contribution is 7.80. The van der Waals surface area contributed by atoms with Gasteiger partial charge in [0.15, 0.2) is 5.11 Å². The third-order valence-electron chi connectivity index (χ3n) is 4.59. The minimum absolute atomic E-state index is 0.0392. The van der Waals surface area contributed by atoms with Crippen LogP contribution in [0, 0.1) is 0 Å². The van der Waals surface area contributed by atoms with Crippen molar-refractivity contribution in [2.45, 2.75) is 45.1 Å². The molecular weight excluding hydrogens is 366 g/mol. The largest absolute Gasteiger partial charge is 0.465 e. The lowest BCUT2D eigenvalue weighted by atomic mass is 10.1. The molecule has 1 aliphatic carbocycles. The first-order valence-electron chi connectivity index (χ1n) is 8.80. The number of aryl methyl sites for hydroxylation is 1.